The van der Waals surface area contributed by atoms with Crippen molar-refractivity contribution < 1.29 is 9.84 Å². The van der Waals surface area contributed by atoms with Crippen LogP contribution in [-0.4, -0.2) is 24.4 Å². The molecule has 0 amide bonds. The number of rotatable bonds is 6. The van der Waals surface area contributed by atoms with Crippen LogP contribution < -0.4 is 0 Å². The molecule has 2 atom stereocenters. The summed E-state index contributed by atoms with van der Waals surface area (Å²) in [7, 11) is 1.71. The number of hydrogen-bond donors (Lipinski definition) is 1. The molecule has 2 unspecified atom stereocenters. The molecule has 102 valence electrons. The minimum absolute atomic E-state index is 0.222. The van der Waals surface area contributed by atoms with E-state index in [-0.39, 0.29) is 12.2 Å². The largest absolute Gasteiger partial charge is 0.393 e. The number of benzene rings is 1. The quantitative estimate of drug-likeness (QED) is 0.839. The Morgan fingerprint density at radius 3 is 2.17 bits per heavy atom. The minimum atomic E-state index is -0.275. The molecule has 0 fully saturated rings. The number of aliphatic hydroxyl groups is 1. The Bertz CT molecular complexity index is 362. The molecule has 2 nitrogen and oxygen atoms in total. The summed E-state index contributed by atoms with van der Waals surface area (Å²) in [6.07, 6.45) is 2.39. The van der Waals surface area contributed by atoms with Crippen LogP contribution in [0.2, 0.25) is 0 Å². The third kappa shape index (κ3) is 4.43. The molecule has 0 heterocycles. The van der Waals surface area contributed by atoms with E-state index in [1.165, 1.54) is 22.3 Å². The smallest absolute Gasteiger partial charge is 0.0581 e. The highest BCUT2D eigenvalue weighted by molar-refractivity contribution is 5.37. The van der Waals surface area contributed by atoms with Gasteiger partial charge in [0.2, 0.25) is 0 Å². The van der Waals surface area contributed by atoms with Crippen LogP contribution in [0.15, 0.2) is 12.1 Å². The SMILES string of the molecule is COC(C)CCC(O)Cc1c(C)cc(C)cc1C. The Labute approximate surface area is 111 Å². The van der Waals surface area contributed by atoms with Crippen LogP contribution in [-0.2, 0) is 11.2 Å². The van der Waals surface area contributed by atoms with Gasteiger partial charge in [0, 0.05) is 7.11 Å². The Balaban J connectivity index is 2.62. The van der Waals surface area contributed by atoms with Crippen molar-refractivity contribution in [1.82, 2.24) is 0 Å². The summed E-state index contributed by atoms with van der Waals surface area (Å²) >= 11 is 0. The van der Waals surface area contributed by atoms with E-state index in [1.807, 2.05) is 6.92 Å². The molecule has 0 spiro atoms. The van der Waals surface area contributed by atoms with Crippen molar-refractivity contribution in [3.63, 3.8) is 0 Å². The average molecular weight is 250 g/mol. The van der Waals surface area contributed by atoms with Crippen molar-refractivity contribution in [1.29, 1.82) is 0 Å². The monoisotopic (exact) mass is 250 g/mol. The van der Waals surface area contributed by atoms with Crippen molar-refractivity contribution >= 4 is 0 Å². The molecule has 1 N–H and O–H groups in total. The first kappa shape index (κ1) is 15.2. The number of hydrogen-bond acceptors (Lipinski definition) is 2. The van der Waals surface area contributed by atoms with Crippen LogP contribution in [0.4, 0.5) is 0 Å². The second-order valence-corrected chi connectivity index (χ2v) is 5.36. The lowest BCUT2D eigenvalue weighted by atomic mass is 9.94. The Hall–Kier alpha value is -0.860. The lowest BCUT2D eigenvalue weighted by Crippen LogP contribution is -2.16. The summed E-state index contributed by atoms with van der Waals surface area (Å²) in [6, 6.07) is 4.37. The van der Waals surface area contributed by atoms with E-state index in [9.17, 15) is 5.11 Å². The van der Waals surface area contributed by atoms with Crippen molar-refractivity contribution in [2.45, 2.75) is 59.2 Å². The molecule has 2 heteroatoms. The van der Waals surface area contributed by atoms with E-state index in [2.05, 4.69) is 32.9 Å². The zero-order valence-electron chi connectivity index (χ0n) is 12.3. The van der Waals surface area contributed by atoms with Crippen LogP contribution in [0.3, 0.4) is 0 Å². The fourth-order valence-corrected chi connectivity index (χ4v) is 2.41. The van der Waals surface area contributed by atoms with Gasteiger partial charge in [0.15, 0.2) is 0 Å². The number of aryl methyl sites for hydroxylation is 3. The summed E-state index contributed by atoms with van der Waals surface area (Å²) in [4.78, 5) is 0. The predicted molar refractivity (Wildman–Crippen MR) is 76.1 cm³/mol. The predicted octanol–water partition coefficient (Wildman–Crippen LogP) is 3.33. The van der Waals surface area contributed by atoms with Gasteiger partial charge >= 0.3 is 0 Å². The van der Waals surface area contributed by atoms with Crippen LogP contribution in [0.5, 0.6) is 0 Å². The van der Waals surface area contributed by atoms with Crippen LogP contribution in [0, 0.1) is 20.8 Å². The molecule has 0 radical (unpaired) electrons. The minimum Gasteiger partial charge on any atom is -0.393 e. The second kappa shape index (κ2) is 6.91. The van der Waals surface area contributed by atoms with Crippen LogP contribution >= 0.6 is 0 Å². The summed E-state index contributed by atoms with van der Waals surface area (Å²) in [5.41, 5.74) is 5.15. The van der Waals surface area contributed by atoms with E-state index in [4.69, 9.17) is 4.74 Å². The lowest BCUT2D eigenvalue weighted by Gasteiger charge is -2.17. The van der Waals surface area contributed by atoms with Crippen molar-refractivity contribution in [3.05, 3.63) is 34.4 Å². The van der Waals surface area contributed by atoms with E-state index in [0.717, 1.165) is 19.3 Å². The number of aliphatic hydroxyl groups excluding tert-OH is 1. The fraction of sp³-hybridized carbons (Fsp3) is 0.625. The Kier molecular flexibility index (Phi) is 5.83. The molecule has 0 saturated carbocycles. The molecule has 1 aromatic rings. The Morgan fingerprint density at radius 1 is 1.11 bits per heavy atom. The van der Waals surface area contributed by atoms with Gasteiger partial charge in [0.05, 0.1) is 12.2 Å². The van der Waals surface area contributed by atoms with Crippen molar-refractivity contribution in [2.75, 3.05) is 7.11 Å². The fourth-order valence-electron chi connectivity index (χ4n) is 2.41. The molecule has 1 aromatic carbocycles. The van der Waals surface area contributed by atoms with Gasteiger partial charge in [-0.2, -0.15) is 0 Å². The first-order valence-electron chi connectivity index (χ1n) is 6.71. The molecule has 0 aliphatic heterocycles. The first-order valence-corrected chi connectivity index (χ1v) is 6.71. The molecular formula is C16H26O2. The van der Waals surface area contributed by atoms with Gasteiger partial charge in [0.25, 0.3) is 0 Å². The maximum atomic E-state index is 10.1. The summed E-state index contributed by atoms with van der Waals surface area (Å²) < 4.78 is 5.20. The topological polar surface area (TPSA) is 29.5 Å². The van der Waals surface area contributed by atoms with E-state index in [0.29, 0.717) is 0 Å². The molecule has 18 heavy (non-hydrogen) atoms. The van der Waals surface area contributed by atoms with Gasteiger partial charge in [-0.3, -0.25) is 0 Å². The van der Waals surface area contributed by atoms with E-state index in [1.54, 1.807) is 7.11 Å². The molecule has 0 aliphatic carbocycles. The van der Waals surface area contributed by atoms with Crippen molar-refractivity contribution in [2.24, 2.45) is 0 Å². The van der Waals surface area contributed by atoms with Gasteiger partial charge in [-0.05, 0) is 63.6 Å². The van der Waals surface area contributed by atoms with Gasteiger partial charge in [0.1, 0.15) is 0 Å². The molecule has 0 bridgehead atoms. The molecule has 0 aromatic heterocycles. The Morgan fingerprint density at radius 2 is 1.67 bits per heavy atom. The van der Waals surface area contributed by atoms with Gasteiger partial charge < -0.3 is 9.84 Å². The number of ether oxygens (including phenoxy) is 1. The zero-order chi connectivity index (χ0) is 13.7. The normalized spacial score (nSPS) is 14.6. The second-order valence-electron chi connectivity index (χ2n) is 5.36. The summed E-state index contributed by atoms with van der Waals surface area (Å²) in [5, 5.41) is 10.1. The average Bonchev–Trinajstić information content (AvgIpc) is 2.30. The highest BCUT2D eigenvalue weighted by Gasteiger charge is 2.12. The highest BCUT2D eigenvalue weighted by Crippen LogP contribution is 2.19. The standard InChI is InChI=1S/C16H26O2/c1-11-8-12(2)16(13(3)9-11)10-15(17)7-6-14(4)18-5/h8-9,14-15,17H,6-7,10H2,1-5H3. The van der Waals surface area contributed by atoms with Gasteiger partial charge in [-0.1, -0.05) is 17.7 Å². The zero-order valence-corrected chi connectivity index (χ0v) is 12.3. The van der Waals surface area contributed by atoms with Crippen LogP contribution in [0.1, 0.15) is 42.0 Å². The lowest BCUT2D eigenvalue weighted by molar-refractivity contribution is 0.0851. The molecule has 0 aliphatic rings. The van der Waals surface area contributed by atoms with Gasteiger partial charge in [-0.15, -0.1) is 0 Å². The maximum Gasteiger partial charge on any atom is 0.0581 e. The summed E-state index contributed by atoms with van der Waals surface area (Å²) in [5.74, 6) is 0. The third-order valence-electron chi connectivity index (χ3n) is 3.59. The van der Waals surface area contributed by atoms with E-state index >= 15 is 0 Å². The molecule has 1 rings (SSSR count). The number of methoxy groups -OCH3 is 1. The molecular weight excluding hydrogens is 224 g/mol. The maximum absolute atomic E-state index is 10.1. The summed E-state index contributed by atoms with van der Waals surface area (Å²) in [6.45, 7) is 8.40. The molecule has 0 saturated heterocycles. The van der Waals surface area contributed by atoms with E-state index < -0.39 is 0 Å². The van der Waals surface area contributed by atoms with Crippen molar-refractivity contribution in [3.8, 4) is 0 Å². The van der Waals surface area contributed by atoms with Gasteiger partial charge in [-0.25, -0.2) is 0 Å². The highest BCUT2D eigenvalue weighted by atomic mass is 16.5. The first-order chi connectivity index (χ1) is 8.43. The van der Waals surface area contributed by atoms with Crippen LogP contribution in [0.25, 0.3) is 0 Å². The third-order valence-corrected chi connectivity index (χ3v) is 3.59.